The van der Waals surface area contributed by atoms with Gasteiger partial charge in [0.25, 0.3) is 5.92 Å². The molecule has 1 aliphatic rings. The maximum absolute atomic E-state index is 13.0. The van der Waals surface area contributed by atoms with Crippen molar-refractivity contribution in [3.8, 4) is 0 Å². The van der Waals surface area contributed by atoms with E-state index in [4.69, 9.17) is 5.73 Å². The number of rotatable bonds is 3. The number of nitrogens with two attached hydrogens (primary N) is 1. The second-order valence-corrected chi connectivity index (χ2v) is 4.69. The molecule has 0 aliphatic carbocycles. The van der Waals surface area contributed by atoms with Crippen molar-refractivity contribution >= 4 is 5.91 Å². The lowest BCUT2D eigenvalue weighted by Gasteiger charge is -2.31. The molecule has 0 saturated carbocycles. The van der Waals surface area contributed by atoms with E-state index in [0.29, 0.717) is 25.2 Å². The Bertz CT molecular complexity index is 421. The van der Waals surface area contributed by atoms with Crippen molar-refractivity contribution in [3.63, 3.8) is 0 Å². The van der Waals surface area contributed by atoms with E-state index in [1.807, 2.05) is 17.0 Å². The molecule has 0 radical (unpaired) electrons. The summed E-state index contributed by atoms with van der Waals surface area (Å²) in [5.41, 5.74) is 6.61. The first-order valence-electron chi connectivity index (χ1n) is 5.95. The van der Waals surface area contributed by atoms with Gasteiger partial charge in [-0.05, 0) is 17.7 Å². The van der Waals surface area contributed by atoms with Crippen molar-refractivity contribution < 1.29 is 13.6 Å². The fraction of sp³-hybridized carbons (Fsp3) is 0.462. The summed E-state index contributed by atoms with van der Waals surface area (Å²) >= 11 is 0. The Labute approximate surface area is 105 Å². The van der Waals surface area contributed by atoms with Crippen LogP contribution in [0.4, 0.5) is 8.78 Å². The van der Waals surface area contributed by atoms with E-state index in [1.54, 1.807) is 12.1 Å². The van der Waals surface area contributed by atoms with Gasteiger partial charge in [0.15, 0.2) is 0 Å². The molecule has 1 aromatic carbocycles. The molecule has 1 heterocycles. The molecule has 1 saturated heterocycles. The molecule has 2 rings (SSSR count). The van der Waals surface area contributed by atoms with Crippen LogP contribution >= 0.6 is 0 Å². The third-order valence-electron chi connectivity index (χ3n) is 3.23. The molecule has 1 aromatic rings. The number of likely N-dealkylation sites (tertiary alicyclic amines) is 1. The van der Waals surface area contributed by atoms with Gasteiger partial charge in [-0.2, -0.15) is 0 Å². The van der Waals surface area contributed by atoms with Gasteiger partial charge in [0.1, 0.15) is 0 Å². The standard InChI is InChI=1S/C13H16F2N2O/c14-13(15)5-7-17(8-6-13)9-10-1-3-11(4-2-10)12(16)18/h1-4H,5-9H2,(H2,16,18). The van der Waals surface area contributed by atoms with Gasteiger partial charge in [-0.15, -0.1) is 0 Å². The smallest absolute Gasteiger partial charge is 0.250 e. The Morgan fingerprint density at radius 3 is 2.28 bits per heavy atom. The lowest BCUT2D eigenvalue weighted by atomic mass is 10.1. The predicted molar refractivity (Wildman–Crippen MR) is 64.4 cm³/mol. The largest absolute Gasteiger partial charge is 0.366 e. The molecule has 1 fully saturated rings. The molecule has 0 atom stereocenters. The van der Waals surface area contributed by atoms with Gasteiger partial charge in [0, 0.05) is 38.0 Å². The normalized spacial score (nSPS) is 19.7. The predicted octanol–water partition coefficient (Wildman–Crippen LogP) is 2.02. The van der Waals surface area contributed by atoms with E-state index in [1.165, 1.54) is 0 Å². The Morgan fingerprint density at radius 1 is 1.22 bits per heavy atom. The van der Waals surface area contributed by atoms with Gasteiger partial charge in [-0.3, -0.25) is 9.69 Å². The molecule has 1 aliphatic heterocycles. The van der Waals surface area contributed by atoms with Gasteiger partial charge < -0.3 is 5.73 Å². The van der Waals surface area contributed by atoms with E-state index in [9.17, 15) is 13.6 Å². The molecule has 0 unspecified atom stereocenters. The topological polar surface area (TPSA) is 46.3 Å². The zero-order valence-electron chi connectivity index (χ0n) is 10.0. The Morgan fingerprint density at radius 2 is 1.78 bits per heavy atom. The number of alkyl halides is 2. The number of carbonyl (C=O) groups is 1. The summed E-state index contributed by atoms with van der Waals surface area (Å²) in [4.78, 5) is 12.9. The number of hydrogen-bond acceptors (Lipinski definition) is 2. The molecule has 3 nitrogen and oxygen atoms in total. The van der Waals surface area contributed by atoms with E-state index in [2.05, 4.69) is 0 Å². The third kappa shape index (κ3) is 3.26. The summed E-state index contributed by atoms with van der Waals surface area (Å²) in [6.45, 7) is 1.45. The Kier molecular flexibility index (Phi) is 3.61. The number of piperidine rings is 1. The molecule has 0 bridgehead atoms. The van der Waals surface area contributed by atoms with Gasteiger partial charge >= 0.3 is 0 Å². The summed E-state index contributed by atoms with van der Waals surface area (Å²) in [7, 11) is 0. The molecule has 18 heavy (non-hydrogen) atoms. The van der Waals surface area contributed by atoms with Crippen LogP contribution in [-0.4, -0.2) is 29.8 Å². The highest BCUT2D eigenvalue weighted by molar-refractivity contribution is 5.92. The first kappa shape index (κ1) is 13.0. The van der Waals surface area contributed by atoms with Crippen molar-refractivity contribution in [2.45, 2.75) is 25.3 Å². The first-order valence-corrected chi connectivity index (χ1v) is 5.95. The molecule has 2 N–H and O–H groups in total. The summed E-state index contributed by atoms with van der Waals surface area (Å²) in [5, 5.41) is 0. The number of nitrogens with zero attached hydrogens (tertiary/aromatic N) is 1. The van der Waals surface area contributed by atoms with Gasteiger partial charge in [0.05, 0.1) is 0 Å². The van der Waals surface area contributed by atoms with Gasteiger partial charge in [-0.1, -0.05) is 12.1 Å². The fourth-order valence-corrected chi connectivity index (χ4v) is 2.07. The summed E-state index contributed by atoms with van der Waals surface area (Å²) in [6.07, 6.45) is -0.154. The Hall–Kier alpha value is -1.49. The molecule has 1 amide bonds. The van der Waals surface area contributed by atoms with Crippen LogP contribution in [0.25, 0.3) is 0 Å². The van der Waals surface area contributed by atoms with Crippen molar-refractivity contribution in [2.75, 3.05) is 13.1 Å². The van der Waals surface area contributed by atoms with Crippen molar-refractivity contribution in [1.29, 1.82) is 0 Å². The van der Waals surface area contributed by atoms with Crippen LogP contribution in [0.1, 0.15) is 28.8 Å². The minimum absolute atomic E-state index is 0.0770. The second-order valence-electron chi connectivity index (χ2n) is 4.69. The number of amides is 1. The van der Waals surface area contributed by atoms with E-state index >= 15 is 0 Å². The van der Waals surface area contributed by atoms with Crippen LogP contribution in [0.5, 0.6) is 0 Å². The summed E-state index contributed by atoms with van der Waals surface area (Å²) in [5.74, 6) is -2.97. The fourth-order valence-electron chi connectivity index (χ4n) is 2.07. The summed E-state index contributed by atoms with van der Waals surface area (Å²) in [6, 6.07) is 6.95. The molecule has 0 aromatic heterocycles. The molecule has 5 heteroatoms. The van der Waals surface area contributed by atoms with Crippen molar-refractivity contribution in [2.24, 2.45) is 5.73 Å². The first-order chi connectivity index (χ1) is 8.46. The summed E-state index contributed by atoms with van der Waals surface area (Å²) < 4.78 is 26.0. The zero-order valence-corrected chi connectivity index (χ0v) is 10.0. The maximum atomic E-state index is 13.0. The van der Waals surface area contributed by atoms with Crippen LogP contribution < -0.4 is 5.73 Å². The van der Waals surface area contributed by atoms with Crippen molar-refractivity contribution in [1.82, 2.24) is 4.90 Å². The Balaban J connectivity index is 1.92. The van der Waals surface area contributed by atoms with Crippen LogP contribution in [0.15, 0.2) is 24.3 Å². The average Bonchev–Trinajstić information content (AvgIpc) is 2.33. The minimum Gasteiger partial charge on any atom is -0.366 e. The van der Waals surface area contributed by atoms with Crippen LogP contribution in [0.2, 0.25) is 0 Å². The zero-order chi connectivity index (χ0) is 13.2. The van der Waals surface area contributed by atoms with Gasteiger partial charge in [-0.25, -0.2) is 8.78 Å². The molecule has 0 spiro atoms. The number of hydrogen-bond donors (Lipinski definition) is 1. The number of carbonyl (C=O) groups excluding carboxylic acids is 1. The van der Waals surface area contributed by atoms with Gasteiger partial charge in [0.2, 0.25) is 5.91 Å². The lowest BCUT2D eigenvalue weighted by Crippen LogP contribution is -2.38. The monoisotopic (exact) mass is 254 g/mol. The van der Waals surface area contributed by atoms with E-state index in [-0.39, 0.29) is 12.8 Å². The van der Waals surface area contributed by atoms with Crippen LogP contribution in [-0.2, 0) is 6.54 Å². The second kappa shape index (κ2) is 5.02. The van der Waals surface area contributed by atoms with Crippen LogP contribution in [0.3, 0.4) is 0 Å². The highest BCUT2D eigenvalue weighted by Crippen LogP contribution is 2.28. The maximum Gasteiger partial charge on any atom is 0.250 e. The average molecular weight is 254 g/mol. The van der Waals surface area contributed by atoms with E-state index < -0.39 is 11.8 Å². The number of halogens is 2. The minimum atomic E-state index is -2.51. The van der Waals surface area contributed by atoms with Crippen LogP contribution in [0, 0.1) is 0 Å². The molecule has 98 valence electrons. The SMILES string of the molecule is NC(=O)c1ccc(CN2CCC(F)(F)CC2)cc1. The highest BCUT2D eigenvalue weighted by atomic mass is 19.3. The van der Waals surface area contributed by atoms with Crippen molar-refractivity contribution in [3.05, 3.63) is 35.4 Å². The van der Waals surface area contributed by atoms with E-state index in [0.717, 1.165) is 5.56 Å². The third-order valence-corrected chi connectivity index (χ3v) is 3.23. The molecular weight excluding hydrogens is 238 g/mol. The quantitative estimate of drug-likeness (QED) is 0.897. The molecular formula is C13H16F2N2O. The number of primary amides is 1. The highest BCUT2D eigenvalue weighted by Gasteiger charge is 2.33. The number of benzene rings is 1. The lowest BCUT2D eigenvalue weighted by molar-refractivity contribution is -0.0566.